The molecule has 132 valence electrons. The maximum absolute atomic E-state index is 10.9. The predicted octanol–water partition coefficient (Wildman–Crippen LogP) is 3.72. The van der Waals surface area contributed by atoms with Crippen LogP contribution in [0.3, 0.4) is 0 Å². The molecule has 6 nitrogen and oxygen atoms in total. The number of nitro groups is 1. The van der Waals surface area contributed by atoms with Crippen LogP contribution in [0, 0.1) is 17.0 Å². The lowest BCUT2D eigenvalue weighted by molar-refractivity contribution is -0.384. The van der Waals surface area contributed by atoms with E-state index < -0.39 is 4.92 Å². The standard InChI is InChI=1S/C19H24N4O2/c1-4-20-19(22-15(3)18-11-6-5-8-14(18)2)21-13-16-9-7-10-17(12-16)23(24)25/h5-12,15H,4,13H2,1-3H3,(H2,20,21,22). The number of benzene rings is 2. The molecule has 0 aliphatic heterocycles. The molecule has 0 amide bonds. The molecule has 0 bridgehead atoms. The zero-order chi connectivity index (χ0) is 18.2. The highest BCUT2D eigenvalue weighted by Gasteiger charge is 2.10. The molecule has 6 heteroatoms. The van der Waals surface area contributed by atoms with Gasteiger partial charge in [0.25, 0.3) is 5.69 Å². The summed E-state index contributed by atoms with van der Waals surface area (Å²) in [5, 5.41) is 17.5. The molecule has 1 unspecified atom stereocenters. The Balaban J connectivity index is 2.11. The fraction of sp³-hybridized carbons (Fsp3) is 0.316. The second-order valence-electron chi connectivity index (χ2n) is 5.84. The molecule has 25 heavy (non-hydrogen) atoms. The van der Waals surface area contributed by atoms with Crippen LogP contribution in [-0.2, 0) is 6.54 Å². The van der Waals surface area contributed by atoms with Crippen LogP contribution >= 0.6 is 0 Å². The average molecular weight is 340 g/mol. The van der Waals surface area contributed by atoms with Gasteiger partial charge in [0.1, 0.15) is 0 Å². The number of nitrogens with one attached hydrogen (secondary N) is 2. The molecule has 0 saturated heterocycles. The van der Waals surface area contributed by atoms with Gasteiger partial charge in [-0.15, -0.1) is 0 Å². The lowest BCUT2D eigenvalue weighted by Gasteiger charge is -2.19. The lowest BCUT2D eigenvalue weighted by Crippen LogP contribution is -2.38. The summed E-state index contributed by atoms with van der Waals surface area (Å²) in [5.74, 6) is 0.685. The summed E-state index contributed by atoms with van der Waals surface area (Å²) in [5.41, 5.74) is 3.31. The van der Waals surface area contributed by atoms with E-state index in [1.165, 1.54) is 17.2 Å². The van der Waals surface area contributed by atoms with Crippen LogP contribution in [0.4, 0.5) is 5.69 Å². The number of aryl methyl sites for hydroxylation is 1. The van der Waals surface area contributed by atoms with E-state index in [0.29, 0.717) is 12.5 Å². The molecule has 2 aromatic rings. The first-order valence-corrected chi connectivity index (χ1v) is 8.35. The Labute approximate surface area is 148 Å². The topological polar surface area (TPSA) is 79.6 Å². The molecule has 1 atom stereocenters. The fourth-order valence-corrected chi connectivity index (χ4v) is 2.61. The smallest absolute Gasteiger partial charge is 0.269 e. The number of nitrogens with zero attached hydrogens (tertiary/aromatic N) is 2. The van der Waals surface area contributed by atoms with Crippen LogP contribution in [0.2, 0.25) is 0 Å². The predicted molar refractivity (Wildman–Crippen MR) is 101 cm³/mol. The number of rotatable bonds is 6. The minimum atomic E-state index is -0.392. The Morgan fingerprint density at radius 1 is 1.24 bits per heavy atom. The maximum atomic E-state index is 10.9. The average Bonchev–Trinajstić information content (AvgIpc) is 2.60. The first-order chi connectivity index (χ1) is 12.0. The van der Waals surface area contributed by atoms with E-state index >= 15 is 0 Å². The zero-order valence-corrected chi connectivity index (χ0v) is 14.8. The van der Waals surface area contributed by atoms with Crippen LogP contribution in [0.1, 0.15) is 36.6 Å². The van der Waals surface area contributed by atoms with E-state index in [9.17, 15) is 10.1 Å². The van der Waals surface area contributed by atoms with Crippen molar-refractivity contribution in [3.8, 4) is 0 Å². The van der Waals surface area contributed by atoms with Gasteiger partial charge in [0.15, 0.2) is 5.96 Å². The molecule has 2 aromatic carbocycles. The molecule has 2 N–H and O–H groups in total. The van der Waals surface area contributed by atoms with Gasteiger partial charge in [-0.3, -0.25) is 10.1 Å². The van der Waals surface area contributed by atoms with Crippen LogP contribution in [0.15, 0.2) is 53.5 Å². The molecule has 2 rings (SSSR count). The van der Waals surface area contributed by atoms with E-state index in [-0.39, 0.29) is 11.7 Å². The summed E-state index contributed by atoms with van der Waals surface area (Å²) in [7, 11) is 0. The van der Waals surface area contributed by atoms with Crippen LogP contribution in [0.5, 0.6) is 0 Å². The molecule has 0 radical (unpaired) electrons. The third kappa shape index (κ3) is 5.31. The van der Waals surface area contributed by atoms with Crippen LogP contribution in [0.25, 0.3) is 0 Å². The van der Waals surface area contributed by atoms with Crippen molar-refractivity contribution in [1.82, 2.24) is 10.6 Å². The number of non-ortho nitro benzene ring substituents is 1. The highest BCUT2D eigenvalue weighted by atomic mass is 16.6. The zero-order valence-electron chi connectivity index (χ0n) is 14.8. The van der Waals surface area contributed by atoms with Crippen LogP contribution < -0.4 is 10.6 Å². The highest BCUT2D eigenvalue weighted by Crippen LogP contribution is 2.17. The van der Waals surface area contributed by atoms with E-state index in [1.807, 2.05) is 25.1 Å². The van der Waals surface area contributed by atoms with E-state index in [4.69, 9.17) is 0 Å². The number of nitro benzene ring substituents is 1. The van der Waals surface area contributed by atoms with E-state index in [0.717, 1.165) is 12.1 Å². The molecule has 0 saturated carbocycles. The highest BCUT2D eigenvalue weighted by molar-refractivity contribution is 5.80. The molecular formula is C19H24N4O2. The number of guanidine groups is 1. The second-order valence-corrected chi connectivity index (χ2v) is 5.84. The van der Waals surface area contributed by atoms with Crippen molar-refractivity contribution in [1.29, 1.82) is 0 Å². The van der Waals surface area contributed by atoms with E-state index in [1.54, 1.807) is 12.1 Å². The Morgan fingerprint density at radius 3 is 2.68 bits per heavy atom. The van der Waals surface area contributed by atoms with Crippen molar-refractivity contribution in [2.45, 2.75) is 33.4 Å². The molecule has 0 aromatic heterocycles. The second kappa shape index (κ2) is 8.82. The fourth-order valence-electron chi connectivity index (χ4n) is 2.61. The normalized spacial score (nSPS) is 12.5. The summed E-state index contributed by atoms with van der Waals surface area (Å²) >= 11 is 0. The molecule has 0 fully saturated rings. The quantitative estimate of drug-likeness (QED) is 0.363. The Kier molecular flexibility index (Phi) is 6.51. The van der Waals surface area contributed by atoms with Crippen molar-refractivity contribution in [3.05, 3.63) is 75.3 Å². The molecule has 0 heterocycles. The third-order valence-electron chi connectivity index (χ3n) is 3.89. The van der Waals surface area contributed by atoms with Gasteiger partial charge < -0.3 is 10.6 Å². The first-order valence-electron chi connectivity index (χ1n) is 8.35. The van der Waals surface area contributed by atoms with Gasteiger partial charge in [0.05, 0.1) is 17.5 Å². The van der Waals surface area contributed by atoms with Crippen molar-refractivity contribution in [2.24, 2.45) is 4.99 Å². The van der Waals surface area contributed by atoms with Gasteiger partial charge in [0.2, 0.25) is 0 Å². The monoisotopic (exact) mass is 340 g/mol. The first kappa shape index (κ1) is 18.4. The van der Waals surface area contributed by atoms with E-state index in [2.05, 4.69) is 41.6 Å². The Bertz CT molecular complexity index is 759. The van der Waals surface area contributed by atoms with Gasteiger partial charge in [0, 0.05) is 18.7 Å². The molecular weight excluding hydrogens is 316 g/mol. The molecule has 0 spiro atoms. The summed E-state index contributed by atoms with van der Waals surface area (Å²) in [4.78, 5) is 15.0. The summed E-state index contributed by atoms with van der Waals surface area (Å²) in [6, 6.07) is 14.9. The van der Waals surface area contributed by atoms with Crippen molar-refractivity contribution >= 4 is 11.6 Å². The van der Waals surface area contributed by atoms with Crippen molar-refractivity contribution < 1.29 is 4.92 Å². The maximum Gasteiger partial charge on any atom is 0.269 e. The van der Waals surface area contributed by atoms with Gasteiger partial charge in [-0.1, -0.05) is 36.4 Å². The molecule has 0 aliphatic rings. The Hall–Kier alpha value is -2.89. The van der Waals surface area contributed by atoms with Gasteiger partial charge in [-0.05, 0) is 37.5 Å². The van der Waals surface area contributed by atoms with Crippen molar-refractivity contribution in [2.75, 3.05) is 6.54 Å². The lowest BCUT2D eigenvalue weighted by atomic mass is 10.0. The summed E-state index contributed by atoms with van der Waals surface area (Å²) < 4.78 is 0. The minimum Gasteiger partial charge on any atom is -0.357 e. The summed E-state index contributed by atoms with van der Waals surface area (Å²) in [6.45, 7) is 7.28. The third-order valence-corrected chi connectivity index (χ3v) is 3.89. The van der Waals surface area contributed by atoms with Crippen LogP contribution in [-0.4, -0.2) is 17.4 Å². The minimum absolute atomic E-state index is 0.0824. The summed E-state index contributed by atoms with van der Waals surface area (Å²) in [6.07, 6.45) is 0. The largest absolute Gasteiger partial charge is 0.357 e. The Morgan fingerprint density at radius 2 is 2.00 bits per heavy atom. The van der Waals surface area contributed by atoms with Gasteiger partial charge >= 0.3 is 0 Å². The number of aliphatic imine (C=N–C) groups is 1. The number of hydrogen-bond acceptors (Lipinski definition) is 3. The molecule has 0 aliphatic carbocycles. The van der Waals surface area contributed by atoms with Gasteiger partial charge in [-0.2, -0.15) is 0 Å². The SMILES string of the molecule is CCNC(=NCc1cccc([N+](=O)[O-])c1)NC(C)c1ccccc1C. The van der Waals surface area contributed by atoms with Crippen molar-refractivity contribution in [3.63, 3.8) is 0 Å². The van der Waals surface area contributed by atoms with Gasteiger partial charge in [-0.25, -0.2) is 4.99 Å². The number of hydrogen-bond donors (Lipinski definition) is 2.